The smallest absolute Gasteiger partial charge is 0.228 e. The predicted octanol–water partition coefficient (Wildman–Crippen LogP) is 6.58. The van der Waals surface area contributed by atoms with Crippen molar-refractivity contribution in [3.05, 3.63) is 22.7 Å². The van der Waals surface area contributed by atoms with Crippen LogP contribution in [0.15, 0.2) is 22.7 Å². The van der Waals surface area contributed by atoms with Crippen molar-refractivity contribution in [2.24, 2.45) is 22.5 Å². The van der Waals surface area contributed by atoms with E-state index in [0.717, 1.165) is 38.0 Å². The molecule has 5 aliphatic rings. The quantitative estimate of drug-likeness (QED) is 0.209. The molecule has 2 unspecified atom stereocenters. The second kappa shape index (κ2) is 13.8. The summed E-state index contributed by atoms with van der Waals surface area (Å²) in [6.45, 7) is 6.90. The summed E-state index contributed by atoms with van der Waals surface area (Å²) in [5, 5.41) is 8.72. The molecule has 5 aliphatic carbocycles. The summed E-state index contributed by atoms with van der Waals surface area (Å²) >= 11 is 0. The molecule has 0 aromatic rings. The Morgan fingerprint density at radius 2 is 1.26 bits per heavy atom. The van der Waals surface area contributed by atoms with Gasteiger partial charge in [-0.25, -0.2) is 0 Å². The molecule has 0 heterocycles. The fourth-order valence-electron chi connectivity index (χ4n) is 8.50. The number of methoxy groups -OCH3 is 2. The molecule has 4 fully saturated rings. The zero-order chi connectivity index (χ0) is 27.3. The zero-order valence-corrected chi connectivity index (χ0v) is 25.3. The van der Waals surface area contributed by atoms with Gasteiger partial charge in [-0.2, -0.15) is 0 Å². The molecule has 0 saturated heterocycles. The van der Waals surface area contributed by atoms with E-state index in [2.05, 4.69) is 13.8 Å². The van der Waals surface area contributed by atoms with Crippen LogP contribution in [0, 0.1) is 16.7 Å². The number of nitrogens with two attached hydrogens (primary N) is 1. The maximum atomic E-state index is 12.5. The number of Topliss-reactive ketones (excluding diaryl/α,β-unsaturated/α-hetero) is 2. The van der Waals surface area contributed by atoms with E-state index in [0.29, 0.717) is 28.4 Å². The van der Waals surface area contributed by atoms with Crippen molar-refractivity contribution < 1.29 is 24.2 Å². The van der Waals surface area contributed by atoms with E-state index < -0.39 is 0 Å². The average Bonchev–Trinajstić information content (AvgIpc) is 2.79. The Bertz CT molecular complexity index is 859. The van der Waals surface area contributed by atoms with Gasteiger partial charge in [0.15, 0.2) is 0 Å². The molecule has 4 bridgehead atoms. The lowest BCUT2D eigenvalue weighted by Gasteiger charge is -2.64. The molecular formula is C31H52ClNO5. The molecule has 0 aromatic heterocycles. The summed E-state index contributed by atoms with van der Waals surface area (Å²) in [6.07, 6.45) is 17.4. The lowest BCUT2D eigenvalue weighted by molar-refractivity contribution is -0.121. The lowest BCUT2D eigenvalue weighted by Crippen LogP contribution is -2.62. The van der Waals surface area contributed by atoms with Crippen LogP contribution >= 0.6 is 12.4 Å². The van der Waals surface area contributed by atoms with Gasteiger partial charge in [0, 0.05) is 23.3 Å². The van der Waals surface area contributed by atoms with E-state index in [1.807, 2.05) is 0 Å². The van der Waals surface area contributed by atoms with Crippen LogP contribution in [-0.2, 0) is 19.1 Å². The van der Waals surface area contributed by atoms with Gasteiger partial charge in [0.2, 0.25) is 23.1 Å². The first-order valence-electron chi connectivity index (χ1n) is 14.5. The summed E-state index contributed by atoms with van der Waals surface area (Å²) in [5.41, 5.74) is 8.95. The van der Waals surface area contributed by atoms with Gasteiger partial charge in [0.1, 0.15) is 0 Å². The molecule has 0 aromatic carbocycles. The second-order valence-corrected chi connectivity index (χ2v) is 13.1. The number of rotatable bonds is 12. The molecule has 6 nitrogen and oxygen atoms in total. The third-order valence-corrected chi connectivity index (χ3v) is 9.10. The summed E-state index contributed by atoms with van der Waals surface area (Å²) < 4.78 is 10.1. The molecule has 218 valence electrons. The number of halogens is 1. The van der Waals surface area contributed by atoms with Gasteiger partial charge in [-0.05, 0) is 81.5 Å². The van der Waals surface area contributed by atoms with Crippen molar-refractivity contribution in [3.63, 3.8) is 0 Å². The highest BCUT2D eigenvalue weighted by Crippen LogP contribution is 2.65. The van der Waals surface area contributed by atoms with Gasteiger partial charge in [0.25, 0.3) is 0 Å². The third-order valence-electron chi connectivity index (χ3n) is 9.10. The molecule has 7 heteroatoms. The van der Waals surface area contributed by atoms with Gasteiger partial charge >= 0.3 is 0 Å². The molecule has 38 heavy (non-hydrogen) atoms. The Morgan fingerprint density at radius 1 is 0.789 bits per heavy atom. The van der Waals surface area contributed by atoms with Crippen LogP contribution in [0.5, 0.6) is 0 Å². The van der Waals surface area contributed by atoms with Gasteiger partial charge in [-0.1, -0.05) is 52.4 Å². The van der Waals surface area contributed by atoms with E-state index in [9.17, 15) is 9.59 Å². The Hall–Kier alpha value is -1.37. The van der Waals surface area contributed by atoms with Crippen LogP contribution in [0.3, 0.4) is 0 Å². The number of carbonyl (C=O) groups excluding carboxylic acids is 2. The van der Waals surface area contributed by atoms with E-state index in [1.165, 1.54) is 72.0 Å². The number of hydrogen-bond acceptors (Lipinski definition) is 6. The summed E-state index contributed by atoms with van der Waals surface area (Å²) in [6, 6.07) is 0. The highest BCUT2D eigenvalue weighted by atomic mass is 35.5. The molecule has 0 radical (unpaired) electrons. The Morgan fingerprint density at radius 3 is 1.71 bits per heavy atom. The van der Waals surface area contributed by atoms with E-state index in [4.69, 9.17) is 20.3 Å². The van der Waals surface area contributed by atoms with Crippen molar-refractivity contribution in [3.8, 4) is 0 Å². The van der Waals surface area contributed by atoms with Gasteiger partial charge in [-0.15, -0.1) is 12.4 Å². The number of allylic oxidation sites excluding steroid dienone is 2. The standard InChI is InChI=1S/C19H30O5.C12H21N.ClH/c1-14-15(12-10-8-6-4-5-7-9-11-13-20)17(22)19(24-3)18(23-2)16(14)21;1-10-3-9-4-11(2,6-10)8-12(13,5-9)7-10;/h20H,4-13H2,1-3H3;9H,3-8,13H2,1-2H3;1H/t;9?,10-,11+,12?;. The Balaban J connectivity index is 0.000000301. The van der Waals surface area contributed by atoms with Crippen LogP contribution in [0.25, 0.3) is 0 Å². The van der Waals surface area contributed by atoms with Crippen molar-refractivity contribution >= 4 is 24.0 Å². The van der Waals surface area contributed by atoms with Crippen LogP contribution in [0.4, 0.5) is 0 Å². The maximum absolute atomic E-state index is 12.5. The number of hydrogen-bond donors (Lipinski definition) is 2. The minimum atomic E-state index is -0.257. The Kier molecular flexibility index (Phi) is 11.9. The van der Waals surface area contributed by atoms with Crippen molar-refractivity contribution in [2.75, 3.05) is 20.8 Å². The van der Waals surface area contributed by atoms with Crippen LogP contribution in [-0.4, -0.2) is 43.0 Å². The lowest BCUT2D eigenvalue weighted by atomic mass is 9.43. The highest BCUT2D eigenvalue weighted by Gasteiger charge is 2.58. The van der Waals surface area contributed by atoms with Crippen molar-refractivity contribution in [1.82, 2.24) is 0 Å². The number of aliphatic hydroxyl groups is 1. The molecule has 4 saturated carbocycles. The second-order valence-electron chi connectivity index (χ2n) is 13.1. The number of carbonyl (C=O) groups is 2. The van der Waals surface area contributed by atoms with Crippen LogP contribution in [0.2, 0.25) is 0 Å². The molecule has 0 aliphatic heterocycles. The van der Waals surface area contributed by atoms with E-state index in [-0.39, 0.29) is 47.6 Å². The first-order chi connectivity index (χ1) is 17.5. The fourth-order valence-corrected chi connectivity index (χ4v) is 8.50. The van der Waals surface area contributed by atoms with Crippen LogP contribution in [0.1, 0.15) is 117 Å². The molecule has 5 rings (SSSR count). The Labute approximate surface area is 236 Å². The minimum Gasteiger partial charge on any atom is -0.489 e. The number of ketones is 2. The van der Waals surface area contributed by atoms with Gasteiger partial charge in [0.05, 0.1) is 14.2 Å². The first-order valence-corrected chi connectivity index (χ1v) is 14.5. The molecule has 0 spiro atoms. The fraction of sp³-hybridized carbons (Fsp3) is 0.806. The highest BCUT2D eigenvalue weighted by molar-refractivity contribution is 6.23. The third kappa shape index (κ3) is 7.85. The van der Waals surface area contributed by atoms with Gasteiger partial charge in [-0.3, -0.25) is 9.59 Å². The van der Waals surface area contributed by atoms with Crippen molar-refractivity contribution in [2.45, 2.75) is 123 Å². The molecule has 4 atom stereocenters. The van der Waals surface area contributed by atoms with Gasteiger partial charge < -0.3 is 20.3 Å². The number of unbranched alkanes of at least 4 members (excludes halogenated alkanes) is 7. The largest absolute Gasteiger partial charge is 0.489 e. The average molecular weight is 554 g/mol. The number of ether oxygens (including phenoxy) is 2. The zero-order valence-electron chi connectivity index (χ0n) is 24.5. The minimum absolute atomic E-state index is 0. The molecule has 0 amide bonds. The van der Waals surface area contributed by atoms with Crippen LogP contribution < -0.4 is 5.73 Å². The normalized spacial score (nSPS) is 31.7. The first kappa shape index (κ1) is 32.8. The molecule has 3 N–H and O–H groups in total. The predicted molar refractivity (Wildman–Crippen MR) is 154 cm³/mol. The monoisotopic (exact) mass is 553 g/mol. The number of aliphatic hydroxyl groups excluding tert-OH is 1. The SMILES string of the molecule is COC1=C(OC)C(=O)C(CCCCCCCCCCO)=C(C)C1=O.C[C@]12CC3CC(N)(C1)C[C@@](C)(C3)C2.Cl. The maximum Gasteiger partial charge on any atom is 0.228 e. The summed E-state index contributed by atoms with van der Waals surface area (Å²) in [5.74, 6) is 0.498. The van der Waals surface area contributed by atoms with E-state index >= 15 is 0 Å². The summed E-state index contributed by atoms with van der Waals surface area (Å²) in [4.78, 5) is 24.7. The molecular weight excluding hydrogens is 502 g/mol. The van der Waals surface area contributed by atoms with E-state index in [1.54, 1.807) is 6.92 Å². The topological polar surface area (TPSA) is 98.9 Å². The van der Waals surface area contributed by atoms with Crippen molar-refractivity contribution in [1.29, 1.82) is 0 Å². The summed E-state index contributed by atoms with van der Waals surface area (Å²) in [7, 11) is 2.76.